The molecule has 2 N–H and O–H groups in total. The first kappa shape index (κ1) is 15.9. The maximum atomic E-state index is 13.1. The van der Waals surface area contributed by atoms with Gasteiger partial charge in [-0.1, -0.05) is 6.07 Å². The van der Waals surface area contributed by atoms with Crippen molar-refractivity contribution in [2.75, 3.05) is 11.9 Å². The highest BCUT2D eigenvalue weighted by molar-refractivity contribution is 5.88. The molecule has 6 heteroatoms. The second-order valence-corrected chi connectivity index (χ2v) is 4.71. The third-order valence-electron chi connectivity index (χ3n) is 2.91. The Balaban J connectivity index is 1.94. The van der Waals surface area contributed by atoms with E-state index >= 15 is 0 Å². The molecule has 1 unspecified atom stereocenters. The largest absolute Gasteiger partial charge is 0.491 e. The van der Waals surface area contributed by atoms with Gasteiger partial charge in [0.1, 0.15) is 18.5 Å². The Morgan fingerprint density at radius 3 is 2.45 bits per heavy atom. The monoisotopic (exact) mass is 307 g/mol. The zero-order valence-corrected chi connectivity index (χ0v) is 11.8. The fourth-order valence-electron chi connectivity index (χ4n) is 1.83. The quantitative estimate of drug-likeness (QED) is 0.892. The number of nitrogens with one attached hydrogen (secondary N) is 1. The van der Waals surface area contributed by atoms with Gasteiger partial charge in [-0.25, -0.2) is 8.78 Å². The summed E-state index contributed by atoms with van der Waals surface area (Å²) in [6.45, 7) is 1.30. The number of amides is 1. The van der Waals surface area contributed by atoms with E-state index in [9.17, 15) is 18.7 Å². The number of benzene rings is 2. The van der Waals surface area contributed by atoms with E-state index in [1.165, 1.54) is 13.0 Å². The van der Waals surface area contributed by atoms with E-state index in [-0.39, 0.29) is 18.1 Å². The van der Waals surface area contributed by atoms with Crippen molar-refractivity contribution in [1.29, 1.82) is 0 Å². The van der Waals surface area contributed by atoms with Gasteiger partial charge in [0.05, 0.1) is 0 Å². The number of hydrogen-bond acceptors (Lipinski definition) is 3. The van der Waals surface area contributed by atoms with Crippen molar-refractivity contribution >= 4 is 11.6 Å². The molecule has 1 atom stereocenters. The smallest absolute Gasteiger partial charge is 0.221 e. The first-order chi connectivity index (χ1) is 10.5. The van der Waals surface area contributed by atoms with E-state index in [4.69, 9.17) is 4.74 Å². The van der Waals surface area contributed by atoms with Crippen molar-refractivity contribution in [1.82, 2.24) is 0 Å². The molecule has 2 rings (SSSR count). The van der Waals surface area contributed by atoms with Crippen LogP contribution in [0.3, 0.4) is 0 Å². The zero-order valence-electron chi connectivity index (χ0n) is 11.8. The molecule has 0 radical (unpaired) electrons. The molecule has 0 bridgehead atoms. The van der Waals surface area contributed by atoms with Gasteiger partial charge in [-0.3, -0.25) is 4.79 Å². The summed E-state index contributed by atoms with van der Waals surface area (Å²) in [4.78, 5) is 10.9. The van der Waals surface area contributed by atoms with Crippen LogP contribution < -0.4 is 10.1 Å². The first-order valence-electron chi connectivity index (χ1n) is 6.59. The van der Waals surface area contributed by atoms with Gasteiger partial charge in [-0.2, -0.15) is 0 Å². The van der Waals surface area contributed by atoms with E-state index in [1.54, 1.807) is 24.3 Å². The number of hydrogen-bond donors (Lipinski definition) is 2. The predicted octanol–water partition coefficient (Wildman–Crippen LogP) is 3.04. The summed E-state index contributed by atoms with van der Waals surface area (Å²) in [5, 5.41) is 12.5. The average molecular weight is 307 g/mol. The molecule has 0 spiro atoms. The summed E-state index contributed by atoms with van der Waals surface area (Å²) >= 11 is 0. The van der Waals surface area contributed by atoms with Crippen LogP contribution in [0.1, 0.15) is 18.6 Å². The Bertz CT molecular complexity index is 659. The molecule has 4 nitrogen and oxygen atoms in total. The number of carbonyl (C=O) groups excluding carboxylic acids is 1. The molecule has 116 valence electrons. The molecule has 1 amide bonds. The summed E-state index contributed by atoms with van der Waals surface area (Å²) in [6, 6.07) is 9.75. The lowest BCUT2D eigenvalue weighted by molar-refractivity contribution is -0.114. The number of carbonyl (C=O) groups is 1. The van der Waals surface area contributed by atoms with E-state index in [1.807, 2.05) is 0 Å². The Morgan fingerprint density at radius 2 is 1.86 bits per heavy atom. The van der Waals surface area contributed by atoms with Crippen molar-refractivity contribution in [2.24, 2.45) is 0 Å². The van der Waals surface area contributed by atoms with Crippen molar-refractivity contribution in [2.45, 2.75) is 13.0 Å². The number of rotatable bonds is 5. The minimum Gasteiger partial charge on any atom is -0.491 e. The summed E-state index contributed by atoms with van der Waals surface area (Å²) in [7, 11) is 0. The highest BCUT2D eigenvalue weighted by Gasteiger charge is 2.11. The predicted molar refractivity (Wildman–Crippen MR) is 77.6 cm³/mol. The van der Waals surface area contributed by atoms with Crippen molar-refractivity contribution < 1.29 is 23.4 Å². The Labute approximate surface area is 126 Å². The van der Waals surface area contributed by atoms with Crippen molar-refractivity contribution in [3.63, 3.8) is 0 Å². The second kappa shape index (κ2) is 7.00. The van der Waals surface area contributed by atoms with Crippen LogP contribution in [0, 0.1) is 11.6 Å². The topological polar surface area (TPSA) is 58.6 Å². The van der Waals surface area contributed by atoms with Gasteiger partial charge in [0.25, 0.3) is 0 Å². The highest BCUT2D eigenvalue weighted by Crippen LogP contribution is 2.20. The second-order valence-electron chi connectivity index (χ2n) is 4.71. The summed E-state index contributed by atoms with van der Waals surface area (Å²) in [5.41, 5.74) is 0.856. The molecule has 0 aliphatic rings. The molecule has 0 aromatic heterocycles. The molecular weight excluding hydrogens is 292 g/mol. The van der Waals surface area contributed by atoms with Crippen LogP contribution in [0.15, 0.2) is 42.5 Å². The highest BCUT2D eigenvalue weighted by atomic mass is 19.2. The maximum absolute atomic E-state index is 13.1. The van der Waals surface area contributed by atoms with E-state index in [0.717, 1.165) is 12.1 Å². The van der Waals surface area contributed by atoms with Crippen LogP contribution in [0.5, 0.6) is 5.75 Å². The number of ether oxygens (including phenoxy) is 1. The van der Waals surface area contributed by atoms with Crippen LogP contribution in [0.2, 0.25) is 0 Å². The SMILES string of the molecule is CC(=O)Nc1ccc(OCC(O)c2ccc(F)c(F)c2)cc1. The van der Waals surface area contributed by atoms with E-state index < -0.39 is 17.7 Å². The summed E-state index contributed by atoms with van der Waals surface area (Å²) in [5.74, 6) is -1.68. The lowest BCUT2D eigenvalue weighted by Gasteiger charge is -2.13. The van der Waals surface area contributed by atoms with E-state index in [2.05, 4.69) is 5.32 Å². The summed E-state index contributed by atoms with van der Waals surface area (Å²) < 4.78 is 31.3. The number of halogens is 2. The van der Waals surface area contributed by atoms with Crippen LogP contribution in [-0.4, -0.2) is 17.6 Å². The van der Waals surface area contributed by atoms with Crippen LogP contribution >= 0.6 is 0 Å². The van der Waals surface area contributed by atoms with Gasteiger partial charge in [-0.15, -0.1) is 0 Å². The van der Waals surface area contributed by atoms with Gasteiger partial charge >= 0.3 is 0 Å². The average Bonchev–Trinajstić information content (AvgIpc) is 2.48. The molecule has 0 aliphatic heterocycles. The molecule has 2 aromatic carbocycles. The maximum Gasteiger partial charge on any atom is 0.221 e. The molecule has 2 aromatic rings. The standard InChI is InChI=1S/C16H15F2NO3/c1-10(20)19-12-3-5-13(6-4-12)22-9-16(21)11-2-7-14(17)15(18)8-11/h2-8,16,21H,9H2,1H3,(H,19,20). The zero-order chi connectivity index (χ0) is 16.1. The van der Waals surface area contributed by atoms with Gasteiger partial charge in [0, 0.05) is 12.6 Å². The van der Waals surface area contributed by atoms with E-state index in [0.29, 0.717) is 11.4 Å². The number of aliphatic hydroxyl groups is 1. The fraction of sp³-hybridized carbons (Fsp3) is 0.188. The van der Waals surface area contributed by atoms with Crippen molar-refractivity contribution in [3.05, 3.63) is 59.7 Å². The van der Waals surface area contributed by atoms with Gasteiger partial charge in [0.2, 0.25) is 5.91 Å². The van der Waals surface area contributed by atoms with Gasteiger partial charge < -0.3 is 15.2 Å². The normalized spacial score (nSPS) is 11.8. The van der Waals surface area contributed by atoms with Crippen molar-refractivity contribution in [3.8, 4) is 5.75 Å². The van der Waals surface area contributed by atoms with Crippen LogP contribution in [-0.2, 0) is 4.79 Å². The number of aliphatic hydroxyl groups excluding tert-OH is 1. The Hall–Kier alpha value is -2.47. The Kier molecular flexibility index (Phi) is 5.06. The molecule has 0 heterocycles. The number of anilines is 1. The molecule has 0 fully saturated rings. The third kappa shape index (κ3) is 4.26. The Morgan fingerprint density at radius 1 is 1.18 bits per heavy atom. The first-order valence-corrected chi connectivity index (χ1v) is 6.59. The van der Waals surface area contributed by atoms with Crippen LogP contribution in [0.4, 0.5) is 14.5 Å². The van der Waals surface area contributed by atoms with Crippen LogP contribution in [0.25, 0.3) is 0 Å². The summed E-state index contributed by atoms with van der Waals surface area (Å²) in [6.07, 6.45) is -1.08. The minimum atomic E-state index is -1.08. The third-order valence-corrected chi connectivity index (χ3v) is 2.91. The van der Waals surface area contributed by atoms with Gasteiger partial charge in [-0.05, 0) is 42.0 Å². The molecular formula is C16H15F2NO3. The molecule has 0 saturated heterocycles. The molecule has 22 heavy (non-hydrogen) atoms. The lowest BCUT2D eigenvalue weighted by Crippen LogP contribution is -2.10. The van der Waals surface area contributed by atoms with Gasteiger partial charge in [0.15, 0.2) is 11.6 Å². The fourth-order valence-corrected chi connectivity index (χ4v) is 1.83. The molecule has 0 aliphatic carbocycles. The molecule has 0 saturated carbocycles. The lowest BCUT2D eigenvalue weighted by atomic mass is 10.1. The minimum absolute atomic E-state index is 0.107.